The Morgan fingerprint density at radius 3 is 2.47 bits per heavy atom. The summed E-state index contributed by atoms with van der Waals surface area (Å²) in [5.74, 6) is 0. The fraction of sp³-hybridized carbons (Fsp3) is 0.375. The van der Waals surface area contributed by atoms with Gasteiger partial charge in [-0.2, -0.15) is 0 Å². The van der Waals surface area contributed by atoms with E-state index in [-0.39, 0.29) is 0 Å². The molecule has 3 rings (SSSR count). The molecule has 0 aliphatic rings. The molecule has 0 saturated carbocycles. The predicted molar refractivity (Wildman–Crippen MR) is 81.5 cm³/mol. The monoisotopic (exact) mass is 255 g/mol. The number of nitrogens with zero attached hydrogens (tertiary/aromatic N) is 3. The summed E-state index contributed by atoms with van der Waals surface area (Å²) in [5.41, 5.74) is 4.44. The zero-order chi connectivity index (χ0) is 14.0. The molecule has 0 saturated heterocycles. The first-order valence-corrected chi connectivity index (χ1v) is 6.89. The van der Waals surface area contributed by atoms with Crippen LogP contribution in [0.25, 0.3) is 21.9 Å². The number of imidazole rings is 1. The highest BCUT2D eigenvalue weighted by atomic mass is 15.1. The number of aromatic nitrogens is 3. The highest BCUT2D eigenvalue weighted by Gasteiger charge is 2.10. The van der Waals surface area contributed by atoms with Gasteiger partial charge in [-0.05, 0) is 32.9 Å². The van der Waals surface area contributed by atoms with E-state index in [0.29, 0.717) is 6.04 Å². The standard InChI is InChI=1S/C14H15N3.C2H6/c1-9(2)17-8-16-13-7-15-12-5-4-10(3)6-11(12)14(13)17;1-2/h4-9H,1-3H3;1-2H3. The van der Waals surface area contributed by atoms with Crippen LogP contribution in [0.15, 0.2) is 30.7 Å². The Bertz CT molecular complexity index is 696. The van der Waals surface area contributed by atoms with Gasteiger partial charge in [0, 0.05) is 11.4 Å². The van der Waals surface area contributed by atoms with Gasteiger partial charge in [0.15, 0.2) is 0 Å². The molecule has 100 valence electrons. The Balaban J connectivity index is 0.000000637. The average Bonchev–Trinajstić information content (AvgIpc) is 2.85. The molecule has 0 N–H and O–H groups in total. The lowest BCUT2D eigenvalue weighted by Crippen LogP contribution is -1.99. The first-order valence-electron chi connectivity index (χ1n) is 6.89. The normalized spacial score (nSPS) is 10.8. The van der Waals surface area contributed by atoms with Gasteiger partial charge < -0.3 is 4.57 Å². The molecule has 0 bridgehead atoms. The summed E-state index contributed by atoms with van der Waals surface area (Å²) < 4.78 is 2.21. The Labute approximate surface area is 114 Å². The third kappa shape index (κ3) is 2.33. The Morgan fingerprint density at radius 2 is 1.79 bits per heavy atom. The maximum Gasteiger partial charge on any atom is 0.107 e. The van der Waals surface area contributed by atoms with Crippen LogP contribution in [0.3, 0.4) is 0 Å². The van der Waals surface area contributed by atoms with Gasteiger partial charge in [-0.15, -0.1) is 0 Å². The fourth-order valence-electron chi connectivity index (χ4n) is 2.22. The van der Waals surface area contributed by atoms with E-state index in [1.165, 1.54) is 16.5 Å². The third-order valence-corrected chi connectivity index (χ3v) is 3.11. The van der Waals surface area contributed by atoms with Crippen LogP contribution in [-0.2, 0) is 0 Å². The maximum atomic E-state index is 4.45. The number of pyridine rings is 1. The second kappa shape index (κ2) is 5.39. The number of benzene rings is 1. The quantitative estimate of drug-likeness (QED) is 0.641. The van der Waals surface area contributed by atoms with Crippen molar-refractivity contribution < 1.29 is 0 Å². The van der Waals surface area contributed by atoms with Gasteiger partial charge in [0.25, 0.3) is 0 Å². The lowest BCUT2D eigenvalue weighted by Gasteiger charge is -2.10. The summed E-state index contributed by atoms with van der Waals surface area (Å²) in [6.07, 6.45) is 3.75. The summed E-state index contributed by atoms with van der Waals surface area (Å²) in [4.78, 5) is 8.87. The van der Waals surface area contributed by atoms with E-state index in [4.69, 9.17) is 0 Å². The fourth-order valence-corrected chi connectivity index (χ4v) is 2.22. The maximum absolute atomic E-state index is 4.45. The van der Waals surface area contributed by atoms with Gasteiger partial charge in [0.2, 0.25) is 0 Å². The molecule has 0 atom stereocenters. The molecule has 0 amide bonds. The zero-order valence-corrected chi connectivity index (χ0v) is 12.3. The van der Waals surface area contributed by atoms with Crippen molar-refractivity contribution in [3.05, 3.63) is 36.3 Å². The van der Waals surface area contributed by atoms with Gasteiger partial charge in [-0.25, -0.2) is 4.98 Å². The van der Waals surface area contributed by atoms with E-state index in [1.54, 1.807) is 0 Å². The zero-order valence-electron chi connectivity index (χ0n) is 12.3. The SMILES string of the molecule is CC.Cc1ccc2ncc3ncn(C(C)C)c3c2c1. The summed E-state index contributed by atoms with van der Waals surface area (Å²) in [5, 5.41) is 1.19. The largest absolute Gasteiger partial charge is 0.327 e. The summed E-state index contributed by atoms with van der Waals surface area (Å²) in [7, 11) is 0. The minimum Gasteiger partial charge on any atom is -0.327 e. The van der Waals surface area contributed by atoms with Crippen molar-refractivity contribution in [1.29, 1.82) is 0 Å². The molecular formula is C16H21N3. The second-order valence-corrected chi connectivity index (χ2v) is 4.76. The number of rotatable bonds is 1. The van der Waals surface area contributed by atoms with Crippen molar-refractivity contribution in [2.24, 2.45) is 0 Å². The molecule has 0 aliphatic heterocycles. The lowest BCUT2D eigenvalue weighted by molar-refractivity contribution is 0.619. The van der Waals surface area contributed by atoms with Crippen LogP contribution in [-0.4, -0.2) is 14.5 Å². The predicted octanol–water partition coefficient (Wildman–Crippen LogP) is 4.50. The van der Waals surface area contributed by atoms with E-state index in [2.05, 4.69) is 53.5 Å². The number of hydrogen-bond donors (Lipinski definition) is 0. The smallest absolute Gasteiger partial charge is 0.107 e. The van der Waals surface area contributed by atoms with Crippen molar-refractivity contribution in [2.45, 2.75) is 40.7 Å². The topological polar surface area (TPSA) is 30.7 Å². The van der Waals surface area contributed by atoms with Crippen LogP contribution in [0.2, 0.25) is 0 Å². The van der Waals surface area contributed by atoms with Crippen molar-refractivity contribution in [3.8, 4) is 0 Å². The molecule has 3 nitrogen and oxygen atoms in total. The molecule has 3 heteroatoms. The van der Waals surface area contributed by atoms with Crippen LogP contribution < -0.4 is 0 Å². The van der Waals surface area contributed by atoms with Gasteiger partial charge in [-0.1, -0.05) is 25.5 Å². The molecule has 0 fully saturated rings. The van der Waals surface area contributed by atoms with Crippen LogP contribution in [0.4, 0.5) is 0 Å². The van der Waals surface area contributed by atoms with Gasteiger partial charge in [0.1, 0.15) is 5.52 Å². The van der Waals surface area contributed by atoms with Crippen LogP contribution in [0, 0.1) is 6.92 Å². The van der Waals surface area contributed by atoms with Crippen molar-refractivity contribution in [3.63, 3.8) is 0 Å². The minimum atomic E-state index is 0.408. The van der Waals surface area contributed by atoms with Gasteiger partial charge in [-0.3, -0.25) is 4.98 Å². The molecular weight excluding hydrogens is 234 g/mol. The van der Waals surface area contributed by atoms with Crippen LogP contribution in [0.5, 0.6) is 0 Å². The molecule has 0 radical (unpaired) electrons. The highest BCUT2D eigenvalue weighted by Crippen LogP contribution is 2.25. The van der Waals surface area contributed by atoms with Gasteiger partial charge >= 0.3 is 0 Å². The van der Waals surface area contributed by atoms with Crippen LogP contribution >= 0.6 is 0 Å². The Hall–Kier alpha value is -1.90. The van der Waals surface area contributed by atoms with Crippen LogP contribution in [0.1, 0.15) is 39.3 Å². The third-order valence-electron chi connectivity index (χ3n) is 3.11. The van der Waals surface area contributed by atoms with Crippen molar-refractivity contribution in [1.82, 2.24) is 14.5 Å². The summed E-state index contributed by atoms with van der Waals surface area (Å²) in [6.45, 7) is 10.4. The first-order chi connectivity index (χ1) is 9.16. The second-order valence-electron chi connectivity index (χ2n) is 4.76. The van der Waals surface area contributed by atoms with E-state index < -0.39 is 0 Å². The van der Waals surface area contributed by atoms with E-state index in [1.807, 2.05) is 26.4 Å². The number of fused-ring (bicyclic) bond motifs is 3. The van der Waals surface area contributed by atoms with E-state index in [9.17, 15) is 0 Å². The molecule has 0 unspecified atom stereocenters. The molecule has 19 heavy (non-hydrogen) atoms. The molecule has 0 spiro atoms. The minimum absolute atomic E-state index is 0.408. The van der Waals surface area contributed by atoms with Crippen molar-refractivity contribution >= 4 is 21.9 Å². The molecule has 1 aromatic carbocycles. The lowest BCUT2D eigenvalue weighted by atomic mass is 10.1. The summed E-state index contributed by atoms with van der Waals surface area (Å²) in [6, 6.07) is 6.76. The van der Waals surface area contributed by atoms with E-state index in [0.717, 1.165) is 11.0 Å². The molecule has 2 aromatic heterocycles. The Kier molecular flexibility index (Phi) is 3.84. The van der Waals surface area contributed by atoms with Gasteiger partial charge in [0.05, 0.1) is 23.6 Å². The Morgan fingerprint density at radius 1 is 1.05 bits per heavy atom. The van der Waals surface area contributed by atoms with Crippen molar-refractivity contribution in [2.75, 3.05) is 0 Å². The molecule has 2 heterocycles. The molecule has 0 aliphatic carbocycles. The summed E-state index contributed by atoms with van der Waals surface area (Å²) >= 11 is 0. The van der Waals surface area contributed by atoms with E-state index >= 15 is 0 Å². The number of aryl methyl sites for hydroxylation is 1. The number of hydrogen-bond acceptors (Lipinski definition) is 2. The molecule has 3 aromatic rings. The average molecular weight is 255 g/mol. The highest BCUT2D eigenvalue weighted by molar-refractivity contribution is 6.02. The first kappa shape index (κ1) is 13.5.